The SMILES string of the molecule is CC(C)N1CCCc2cc3c(cc21)n(C)c(=O)n3C1CCC(=O)NC1=O.[HH]. The molecule has 2 aliphatic rings. The van der Waals surface area contributed by atoms with Crippen LogP contribution in [0.4, 0.5) is 5.69 Å². The molecule has 140 valence electrons. The third-order valence-corrected chi connectivity index (χ3v) is 5.59. The van der Waals surface area contributed by atoms with E-state index in [4.69, 9.17) is 0 Å². The van der Waals surface area contributed by atoms with Crippen molar-refractivity contribution in [2.45, 2.75) is 51.6 Å². The first-order valence-electron chi connectivity index (χ1n) is 9.22. The van der Waals surface area contributed by atoms with Gasteiger partial charge in [0.25, 0.3) is 0 Å². The highest BCUT2D eigenvalue weighted by Crippen LogP contribution is 2.34. The molecule has 1 N–H and O–H groups in total. The average Bonchev–Trinajstić information content (AvgIpc) is 2.84. The number of benzene rings is 1. The summed E-state index contributed by atoms with van der Waals surface area (Å²) in [4.78, 5) is 39.1. The fourth-order valence-corrected chi connectivity index (χ4v) is 4.23. The Balaban J connectivity index is 0.00000210. The third-order valence-electron chi connectivity index (χ3n) is 5.59. The Morgan fingerprint density at radius 2 is 1.92 bits per heavy atom. The molecule has 26 heavy (non-hydrogen) atoms. The summed E-state index contributed by atoms with van der Waals surface area (Å²) in [5, 5.41) is 2.36. The van der Waals surface area contributed by atoms with E-state index in [0.717, 1.165) is 30.4 Å². The Morgan fingerprint density at radius 1 is 1.15 bits per heavy atom. The maximum Gasteiger partial charge on any atom is 0.329 e. The van der Waals surface area contributed by atoms with E-state index < -0.39 is 11.9 Å². The number of aryl methyl sites for hydroxylation is 2. The minimum atomic E-state index is -0.633. The maximum atomic E-state index is 12.9. The van der Waals surface area contributed by atoms with Gasteiger partial charge in [-0.1, -0.05) is 0 Å². The molecule has 0 saturated carbocycles. The molecule has 1 aromatic carbocycles. The summed E-state index contributed by atoms with van der Waals surface area (Å²) < 4.78 is 3.16. The zero-order valence-corrected chi connectivity index (χ0v) is 15.4. The van der Waals surface area contributed by atoms with E-state index in [1.54, 1.807) is 16.2 Å². The van der Waals surface area contributed by atoms with Crippen molar-refractivity contribution in [3.8, 4) is 0 Å². The number of carbonyl (C=O) groups is 2. The predicted molar refractivity (Wildman–Crippen MR) is 102 cm³/mol. The molecular weight excluding hydrogens is 332 g/mol. The first-order chi connectivity index (χ1) is 12.4. The molecule has 1 saturated heterocycles. The van der Waals surface area contributed by atoms with Crippen LogP contribution in [0.2, 0.25) is 0 Å². The monoisotopic (exact) mass is 358 g/mol. The molecule has 0 radical (unpaired) electrons. The number of imide groups is 1. The molecule has 1 fully saturated rings. The van der Waals surface area contributed by atoms with Gasteiger partial charge in [0.1, 0.15) is 6.04 Å². The normalized spacial score (nSPS) is 20.6. The van der Waals surface area contributed by atoms with Gasteiger partial charge in [-0.2, -0.15) is 0 Å². The lowest BCUT2D eigenvalue weighted by Crippen LogP contribution is -2.44. The second kappa shape index (κ2) is 6.00. The largest absolute Gasteiger partial charge is 0.369 e. The van der Waals surface area contributed by atoms with Crippen molar-refractivity contribution in [1.29, 1.82) is 0 Å². The highest BCUT2D eigenvalue weighted by atomic mass is 16.2. The lowest BCUT2D eigenvalue weighted by Gasteiger charge is -2.35. The zero-order chi connectivity index (χ0) is 18.6. The number of fused-ring (bicyclic) bond motifs is 2. The first kappa shape index (κ1) is 16.9. The maximum absolute atomic E-state index is 12.9. The summed E-state index contributed by atoms with van der Waals surface area (Å²) >= 11 is 0. The minimum Gasteiger partial charge on any atom is -0.369 e. The Labute approximate surface area is 153 Å². The molecule has 0 aliphatic carbocycles. The molecule has 1 aromatic heterocycles. The van der Waals surface area contributed by atoms with Gasteiger partial charge < -0.3 is 4.90 Å². The number of aromatic nitrogens is 2. The van der Waals surface area contributed by atoms with Gasteiger partial charge in [-0.25, -0.2) is 4.79 Å². The van der Waals surface area contributed by atoms with Crippen LogP contribution in [0.15, 0.2) is 16.9 Å². The summed E-state index contributed by atoms with van der Waals surface area (Å²) in [5.41, 5.74) is 3.77. The Kier molecular flexibility index (Phi) is 3.89. The molecule has 2 aliphatic heterocycles. The Morgan fingerprint density at radius 3 is 2.62 bits per heavy atom. The average molecular weight is 358 g/mol. The first-order valence-corrected chi connectivity index (χ1v) is 9.22. The molecule has 4 rings (SSSR count). The fourth-order valence-electron chi connectivity index (χ4n) is 4.23. The molecule has 0 spiro atoms. The lowest BCUT2D eigenvalue weighted by molar-refractivity contribution is -0.135. The summed E-state index contributed by atoms with van der Waals surface area (Å²) in [5.74, 6) is -0.665. The number of hydrogen-bond acceptors (Lipinski definition) is 4. The molecule has 7 nitrogen and oxygen atoms in total. The van der Waals surface area contributed by atoms with Crippen LogP contribution in [-0.4, -0.2) is 33.5 Å². The Hall–Kier alpha value is -2.57. The highest BCUT2D eigenvalue weighted by Gasteiger charge is 2.32. The molecule has 0 bridgehead atoms. The van der Waals surface area contributed by atoms with Crippen LogP contribution in [0.3, 0.4) is 0 Å². The number of piperidine rings is 1. The number of carbonyl (C=O) groups excluding carboxylic acids is 2. The lowest BCUT2D eigenvalue weighted by atomic mass is 9.99. The number of imidazole rings is 1. The quantitative estimate of drug-likeness (QED) is 0.830. The van der Waals surface area contributed by atoms with Crippen LogP contribution in [-0.2, 0) is 23.1 Å². The standard InChI is InChI=1S/C19H24N4O3.H2/c1-11(2)22-8-4-5-12-9-16-15(10-14(12)22)21(3)19(26)23(16)13-6-7-17(24)20-18(13)25;/h9-11,13H,4-8H2,1-3H3,(H,20,24,25);1H. The third kappa shape index (κ3) is 2.45. The number of anilines is 1. The van der Waals surface area contributed by atoms with Gasteiger partial charge in [0.15, 0.2) is 0 Å². The van der Waals surface area contributed by atoms with E-state index in [9.17, 15) is 14.4 Å². The van der Waals surface area contributed by atoms with Crippen molar-refractivity contribution < 1.29 is 11.0 Å². The van der Waals surface area contributed by atoms with Gasteiger partial charge >= 0.3 is 5.69 Å². The van der Waals surface area contributed by atoms with Crippen LogP contribution in [0, 0.1) is 0 Å². The molecule has 1 unspecified atom stereocenters. The Bertz CT molecular complexity index is 975. The molecular formula is C19H26N4O3. The summed E-state index contributed by atoms with van der Waals surface area (Å²) in [6.07, 6.45) is 2.66. The van der Waals surface area contributed by atoms with Crippen LogP contribution < -0.4 is 15.9 Å². The second-order valence-corrected chi connectivity index (χ2v) is 7.54. The van der Waals surface area contributed by atoms with E-state index >= 15 is 0 Å². The number of nitrogens with zero attached hydrogens (tertiary/aromatic N) is 3. The zero-order valence-electron chi connectivity index (χ0n) is 15.4. The molecule has 2 aromatic rings. The van der Waals surface area contributed by atoms with Crippen molar-refractivity contribution in [1.82, 2.24) is 14.5 Å². The van der Waals surface area contributed by atoms with Crippen LogP contribution in [0.5, 0.6) is 0 Å². The number of rotatable bonds is 2. The van der Waals surface area contributed by atoms with Crippen molar-refractivity contribution in [3.63, 3.8) is 0 Å². The second-order valence-electron chi connectivity index (χ2n) is 7.54. The van der Waals surface area contributed by atoms with Crippen LogP contribution in [0.25, 0.3) is 11.0 Å². The summed E-state index contributed by atoms with van der Waals surface area (Å²) in [6.45, 7) is 5.36. The van der Waals surface area contributed by atoms with Crippen LogP contribution >= 0.6 is 0 Å². The van der Waals surface area contributed by atoms with E-state index in [1.807, 2.05) is 0 Å². The number of amides is 2. The number of hydrogen-bond donors (Lipinski definition) is 1. The van der Waals surface area contributed by atoms with Gasteiger partial charge in [-0.3, -0.25) is 24.0 Å². The molecule has 2 amide bonds. The van der Waals surface area contributed by atoms with Crippen molar-refractivity contribution >= 4 is 28.5 Å². The fraction of sp³-hybridized carbons (Fsp3) is 0.526. The molecule has 1 atom stereocenters. The van der Waals surface area contributed by atoms with Gasteiger partial charge in [-0.15, -0.1) is 0 Å². The van der Waals surface area contributed by atoms with E-state index in [0.29, 0.717) is 12.5 Å². The summed E-state index contributed by atoms with van der Waals surface area (Å²) in [6, 6.07) is 3.89. The number of nitrogens with one attached hydrogen (secondary N) is 1. The molecule has 3 heterocycles. The topological polar surface area (TPSA) is 76.3 Å². The van der Waals surface area contributed by atoms with Gasteiger partial charge in [0.05, 0.1) is 11.0 Å². The van der Waals surface area contributed by atoms with E-state index in [2.05, 4.69) is 36.2 Å². The molecule has 7 heteroatoms. The highest BCUT2D eigenvalue weighted by molar-refractivity contribution is 6.00. The van der Waals surface area contributed by atoms with Gasteiger partial charge in [-0.05, 0) is 50.8 Å². The van der Waals surface area contributed by atoms with Crippen molar-refractivity contribution in [3.05, 3.63) is 28.2 Å². The van der Waals surface area contributed by atoms with E-state index in [-0.39, 0.29) is 19.4 Å². The smallest absolute Gasteiger partial charge is 0.329 e. The summed E-state index contributed by atoms with van der Waals surface area (Å²) in [7, 11) is 1.74. The predicted octanol–water partition coefficient (Wildman–Crippen LogP) is 1.72. The van der Waals surface area contributed by atoms with Crippen molar-refractivity contribution in [2.75, 3.05) is 11.4 Å². The minimum absolute atomic E-state index is 0. The van der Waals surface area contributed by atoms with Gasteiger partial charge in [0, 0.05) is 33.2 Å². The van der Waals surface area contributed by atoms with Crippen molar-refractivity contribution in [2.24, 2.45) is 7.05 Å². The van der Waals surface area contributed by atoms with E-state index in [1.165, 1.54) is 11.3 Å². The van der Waals surface area contributed by atoms with Gasteiger partial charge in [0.2, 0.25) is 11.8 Å². The van der Waals surface area contributed by atoms with Crippen LogP contribution in [0.1, 0.15) is 46.1 Å².